The molecule has 1 aliphatic heterocycles. The van der Waals surface area contributed by atoms with Crippen LogP contribution in [0.1, 0.15) is 53.5 Å². The number of nitrogens with zero attached hydrogens (tertiary/aromatic N) is 2. The number of esters is 1. The highest BCUT2D eigenvalue weighted by molar-refractivity contribution is 6.03. The van der Waals surface area contributed by atoms with Gasteiger partial charge in [0.2, 0.25) is 0 Å². The summed E-state index contributed by atoms with van der Waals surface area (Å²) in [5.74, 6) is -0.651. The Kier molecular flexibility index (Phi) is 6.41. The van der Waals surface area contributed by atoms with Gasteiger partial charge < -0.3 is 15.0 Å². The molecule has 6 nitrogen and oxygen atoms in total. The van der Waals surface area contributed by atoms with Crippen LogP contribution in [0, 0.1) is 0 Å². The standard InChI is InChI=1S/C21H25N3O3/c1-2-27-21(26)16-7-9-17(10-8-16)23-20(25)19-12-11-18(15-22-19)24-13-5-3-4-6-14-24/h7-12,15H,2-6,13-14H2,1H3,(H,23,25). The van der Waals surface area contributed by atoms with Crippen LogP contribution in [0.4, 0.5) is 11.4 Å². The van der Waals surface area contributed by atoms with Gasteiger partial charge >= 0.3 is 5.97 Å². The van der Waals surface area contributed by atoms with Crippen molar-refractivity contribution in [3.8, 4) is 0 Å². The Labute approximate surface area is 159 Å². The van der Waals surface area contributed by atoms with E-state index in [1.165, 1.54) is 25.7 Å². The molecule has 1 aromatic carbocycles. The van der Waals surface area contributed by atoms with E-state index in [9.17, 15) is 9.59 Å². The fraction of sp³-hybridized carbons (Fsp3) is 0.381. The fourth-order valence-corrected chi connectivity index (χ4v) is 3.14. The molecule has 1 saturated heterocycles. The number of benzene rings is 1. The zero-order chi connectivity index (χ0) is 19.1. The average Bonchev–Trinajstić information content (AvgIpc) is 2.98. The number of nitrogens with one attached hydrogen (secondary N) is 1. The van der Waals surface area contributed by atoms with Crippen LogP contribution in [0.2, 0.25) is 0 Å². The Balaban J connectivity index is 1.61. The van der Waals surface area contributed by atoms with Crippen molar-refractivity contribution in [2.75, 3.05) is 29.9 Å². The van der Waals surface area contributed by atoms with Gasteiger partial charge in [-0.2, -0.15) is 0 Å². The second-order valence-electron chi connectivity index (χ2n) is 6.55. The molecule has 1 N–H and O–H groups in total. The van der Waals surface area contributed by atoms with E-state index < -0.39 is 0 Å². The van der Waals surface area contributed by atoms with Crippen molar-refractivity contribution in [1.82, 2.24) is 4.98 Å². The van der Waals surface area contributed by atoms with E-state index in [-0.39, 0.29) is 11.9 Å². The summed E-state index contributed by atoms with van der Waals surface area (Å²) in [5.41, 5.74) is 2.48. The second-order valence-corrected chi connectivity index (χ2v) is 6.55. The van der Waals surface area contributed by atoms with Crippen molar-refractivity contribution in [3.63, 3.8) is 0 Å². The molecule has 6 heteroatoms. The van der Waals surface area contributed by atoms with E-state index in [0.717, 1.165) is 18.8 Å². The lowest BCUT2D eigenvalue weighted by Gasteiger charge is -2.22. The molecule has 0 bridgehead atoms. The Hall–Kier alpha value is -2.89. The molecular weight excluding hydrogens is 342 g/mol. The summed E-state index contributed by atoms with van der Waals surface area (Å²) in [6.45, 7) is 4.17. The van der Waals surface area contributed by atoms with E-state index in [2.05, 4.69) is 15.2 Å². The number of carbonyl (C=O) groups excluding carboxylic acids is 2. The highest BCUT2D eigenvalue weighted by Gasteiger charge is 2.13. The molecule has 0 spiro atoms. The molecule has 1 amide bonds. The Morgan fingerprint density at radius 3 is 2.33 bits per heavy atom. The number of amides is 1. The van der Waals surface area contributed by atoms with Gasteiger partial charge in [0.1, 0.15) is 5.69 Å². The number of carbonyl (C=O) groups is 2. The molecule has 0 unspecified atom stereocenters. The lowest BCUT2D eigenvalue weighted by atomic mass is 10.2. The SMILES string of the molecule is CCOC(=O)c1ccc(NC(=O)c2ccc(N3CCCCCC3)cn2)cc1. The van der Waals surface area contributed by atoms with Gasteiger partial charge in [-0.25, -0.2) is 9.78 Å². The summed E-state index contributed by atoms with van der Waals surface area (Å²) in [5, 5.41) is 2.80. The monoisotopic (exact) mass is 367 g/mol. The summed E-state index contributed by atoms with van der Waals surface area (Å²) in [6, 6.07) is 10.3. The van der Waals surface area contributed by atoms with Crippen LogP contribution in [0.5, 0.6) is 0 Å². The van der Waals surface area contributed by atoms with Crippen molar-refractivity contribution in [1.29, 1.82) is 0 Å². The van der Waals surface area contributed by atoms with Crippen molar-refractivity contribution in [3.05, 3.63) is 53.9 Å². The van der Waals surface area contributed by atoms with Crippen molar-refractivity contribution >= 4 is 23.3 Å². The molecule has 2 heterocycles. The maximum Gasteiger partial charge on any atom is 0.338 e. The Bertz CT molecular complexity index is 764. The third-order valence-corrected chi connectivity index (χ3v) is 4.61. The van der Waals surface area contributed by atoms with E-state index in [1.807, 2.05) is 6.07 Å². The smallest absolute Gasteiger partial charge is 0.338 e. The van der Waals surface area contributed by atoms with Crippen molar-refractivity contribution in [2.24, 2.45) is 0 Å². The summed E-state index contributed by atoms with van der Waals surface area (Å²) < 4.78 is 4.95. The van der Waals surface area contributed by atoms with E-state index >= 15 is 0 Å². The fourth-order valence-electron chi connectivity index (χ4n) is 3.14. The largest absolute Gasteiger partial charge is 0.462 e. The lowest BCUT2D eigenvalue weighted by Crippen LogP contribution is -2.24. The molecule has 0 aliphatic carbocycles. The van der Waals surface area contributed by atoms with Crippen LogP contribution in [-0.2, 0) is 4.74 Å². The predicted molar refractivity (Wildman–Crippen MR) is 105 cm³/mol. The van der Waals surface area contributed by atoms with Gasteiger partial charge in [-0.15, -0.1) is 0 Å². The highest BCUT2D eigenvalue weighted by atomic mass is 16.5. The molecule has 0 saturated carbocycles. The first-order valence-electron chi connectivity index (χ1n) is 9.47. The zero-order valence-corrected chi connectivity index (χ0v) is 15.6. The lowest BCUT2D eigenvalue weighted by molar-refractivity contribution is 0.0526. The summed E-state index contributed by atoms with van der Waals surface area (Å²) in [7, 11) is 0. The number of hydrogen-bond acceptors (Lipinski definition) is 5. The maximum absolute atomic E-state index is 12.4. The van der Waals surface area contributed by atoms with Gasteiger partial charge in [0.05, 0.1) is 24.1 Å². The molecule has 1 aliphatic rings. The van der Waals surface area contributed by atoms with Gasteiger partial charge in [0, 0.05) is 18.8 Å². The van der Waals surface area contributed by atoms with E-state index in [1.54, 1.807) is 43.5 Å². The van der Waals surface area contributed by atoms with Crippen molar-refractivity contribution in [2.45, 2.75) is 32.6 Å². The first-order valence-corrected chi connectivity index (χ1v) is 9.47. The van der Waals surface area contributed by atoms with Crippen LogP contribution in [-0.4, -0.2) is 36.6 Å². The molecule has 0 radical (unpaired) electrons. The van der Waals surface area contributed by atoms with Crippen LogP contribution >= 0.6 is 0 Å². The number of pyridine rings is 1. The first kappa shape index (κ1) is 18.9. The van der Waals surface area contributed by atoms with Gasteiger partial charge in [-0.05, 0) is 56.2 Å². The Morgan fingerprint density at radius 2 is 1.74 bits per heavy atom. The van der Waals surface area contributed by atoms with E-state index in [4.69, 9.17) is 4.74 Å². The minimum atomic E-state index is -0.374. The highest BCUT2D eigenvalue weighted by Crippen LogP contribution is 2.19. The van der Waals surface area contributed by atoms with Gasteiger partial charge in [-0.3, -0.25) is 4.79 Å². The molecule has 0 atom stereocenters. The minimum absolute atomic E-state index is 0.277. The molecule has 27 heavy (non-hydrogen) atoms. The normalized spacial score (nSPS) is 14.3. The molecule has 142 valence electrons. The topological polar surface area (TPSA) is 71.5 Å². The summed E-state index contributed by atoms with van der Waals surface area (Å²) in [4.78, 5) is 30.7. The second kappa shape index (κ2) is 9.16. The van der Waals surface area contributed by atoms with Crippen LogP contribution in [0.3, 0.4) is 0 Å². The maximum atomic E-state index is 12.4. The van der Waals surface area contributed by atoms with Gasteiger partial charge in [0.25, 0.3) is 5.91 Å². The van der Waals surface area contributed by atoms with Gasteiger partial charge in [0.15, 0.2) is 0 Å². The quantitative estimate of drug-likeness (QED) is 0.812. The number of anilines is 2. The van der Waals surface area contributed by atoms with Crippen LogP contribution in [0.15, 0.2) is 42.6 Å². The van der Waals surface area contributed by atoms with Crippen molar-refractivity contribution < 1.29 is 14.3 Å². The number of hydrogen-bond donors (Lipinski definition) is 1. The predicted octanol–water partition coefficient (Wildman–Crippen LogP) is 3.89. The number of rotatable bonds is 5. The average molecular weight is 367 g/mol. The first-order chi connectivity index (χ1) is 13.2. The molecule has 1 fully saturated rings. The minimum Gasteiger partial charge on any atom is -0.462 e. The number of ether oxygens (including phenoxy) is 1. The molecule has 1 aromatic heterocycles. The van der Waals surface area contributed by atoms with E-state index in [0.29, 0.717) is 23.6 Å². The Morgan fingerprint density at radius 1 is 1.04 bits per heavy atom. The third kappa shape index (κ3) is 5.06. The third-order valence-electron chi connectivity index (χ3n) is 4.61. The molecule has 2 aromatic rings. The molecule has 3 rings (SSSR count). The van der Waals surface area contributed by atoms with Crippen LogP contribution < -0.4 is 10.2 Å². The van der Waals surface area contributed by atoms with Gasteiger partial charge in [-0.1, -0.05) is 12.8 Å². The molecular formula is C21H25N3O3. The van der Waals surface area contributed by atoms with Crippen LogP contribution in [0.25, 0.3) is 0 Å². The number of aromatic nitrogens is 1. The summed E-state index contributed by atoms with van der Waals surface area (Å²) in [6.07, 6.45) is 6.72. The zero-order valence-electron chi connectivity index (χ0n) is 15.6. The summed E-state index contributed by atoms with van der Waals surface area (Å²) >= 11 is 0.